The summed E-state index contributed by atoms with van der Waals surface area (Å²) in [4.78, 5) is 13.8. The van der Waals surface area contributed by atoms with Gasteiger partial charge in [-0.25, -0.2) is 0 Å². The molecule has 0 fully saturated rings. The second-order valence-corrected chi connectivity index (χ2v) is 5.49. The summed E-state index contributed by atoms with van der Waals surface area (Å²) < 4.78 is 0. The number of benzene rings is 2. The molecular weight excluding hydrogens is 260 g/mol. The van der Waals surface area contributed by atoms with Crippen molar-refractivity contribution in [3.63, 3.8) is 0 Å². The molecule has 0 saturated heterocycles. The van der Waals surface area contributed by atoms with Gasteiger partial charge in [0, 0.05) is 25.2 Å². The molecule has 0 N–H and O–H groups in total. The third-order valence-corrected chi connectivity index (χ3v) is 3.89. The van der Waals surface area contributed by atoms with E-state index in [-0.39, 0.29) is 5.78 Å². The van der Waals surface area contributed by atoms with Crippen LogP contribution in [0.4, 0.5) is 0 Å². The Kier molecular flexibility index (Phi) is 3.55. The quantitative estimate of drug-likeness (QED) is 0.808. The highest BCUT2D eigenvalue weighted by Gasteiger charge is 2.19. The summed E-state index contributed by atoms with van der Waals surface area (Å²) in [7, 11) is 0. The lowest BCUT2D eigenvalue weighted by Crippen LogP contribution is -2.15. The first kappa shape index (κ1) is 13.5. The highest BCUT2D eigenvalue weighted by Crippen LogP contribution is 2.25. The molecule has 0 atom stereocenters. The Morgan fingerprint density at radius 3 is 2.52 bits per heavy atom. The lowest BCUT2D eigenvalue weighted by molar-refractivity contribution is 0.101. The van der Waals surface area contributed by atoms with Crippen molar-refractivity contribution in [1.82, 2.24) is 4.90 Å². The zero-order chi connectivity index (χ0) is 14.8. The third-order valence-electron chi connectivity index (χ3n) is 3.89. The van der Waals surface area contributed by atoms with Gasteiger partial charge in [0.05, 0.1) is 11.6 Å². The van der Waals surface area contributed by atoms with Crippen molar-refractivity contribution in [3.8, 4) is 6.07 Å². The van der Waals surface area contributed by atoms with E-state index in [1.165, 1.54) is 16.7 Å². The van der Waals surface area contributed by atoms with Crippen LogP contribution in [-0.4, -0.2) is 10.7 Å². The van der Waals surface area contributed by atoms with E-state index in [0.29, 0.717) is 5.56 Å². The SMILES string of the molecule is CC(=O)c1ccc2c(c1)CN(Cc1ccc(C#N)cc1)C2. The molecule has 3 rings (SSSR count). The van der Waals surface area contributed by atoms with Gasteiger partial charge >= 0.3 is 0 Å². The summed E-state index contributed by atoms with van der Waals surface area (Å²) in [6.07, 6.45) is 0. The number of carbonyl (C=O) groups is 1. The lowest BCUT2D eigenvalue weighted by Gasteiger charge is -2.14. The summed E-state index contributed by atoms with van der Waals surface area (Å²) in [6.45, 7) is 4.24. The number of rotatable bonds is 3. The van der Waals surface area contributed by atoms with E-state index >= 15 is 0 Å². The van der Waals surface area contributed by atoms with Crippen LogP contribution in [-0.2, 0) is 19.6 Å². The molecular formula is C18H16N2O. The second-order valence-electron chi connectivity index (χ2n) is 5.49. The Morgan fingerprint density at radius 1 is 1.14 bits per heavy atom. The summed E-state index contributed by atoms with van der Waals surface area (Å²) in [6, 6.07) is 15.8. The van der Waals surface area contributed by atoms with Crippen LogP contribution in [0.25, 0.3) is 0 Å². The van der Waals surface area contributed by atoms with E-state index in [1.807, 2.05) is 36.4 Å². The Balaban J connectivity index is 1.72. The van der Waals surface area contributed by atoms with Gasteiger partial charge in [0.2, 0.25) is 0 Å². The summed E-state index contributed by atoms with van der Waals surface area (Å²) in [5, 5.41) is 8.81. The first-order valence-electron chi connectivity index (χ1n) is 7.00. The van der Waals surface area contributed by atoms with Crippen LogP contribution in [0.1, 0.15) is 39.5 Å². The van der Waals surface area contributed by atoms with Crippen LogP contribution in [0.2, 0.25) is 0 Å². The first-order valence-corrected chi connectivity index (χ1v) is 7.00. The van der Waals surface area contributed by atoms with Gasteiger partial charge in [-0.1, -0.05) is 24.3 Å². The molecule has 0 aromatic heterocycles. The van der Waals surface area contributed by atoms with E-state index < -0.39 is 0 Å². The largest absolute Gasteiger partial charge is 0.295 e. The zero-order valence-corrected chi connectivity index (χ0v) is 12.0. The Labute approximate surface area is 124 Å². The van der Waals surface area contributed by atoms with Crippen molar-refractivity contribution in [1.29, 1.82) is 5.26 Å². The molecule has 0 saturated carbocycles. The van der Waals surface area contributed by atoms with Gasteiger partial charge in [0.25, 0.3) is 0 Å². The van der Waals surface area contributed by atoms with Gasteiger partial charge in [-0.2, -0.15) is 5.26 Å². The topological polar surface area (TPSA) is 44.1 Å². The maximum atomic E-state index is 11.4. The predicted octanol–water partition coefficient (Wildman–Crippen LogP) is 3.28. The molecule has 3 heteroatoms. The zero-order valence-electron chi connectivity index (χ0n) is 12.0. The Hall–Kier alpha value is -2.44. The highest BCUT2D eigenvalue weighted by molar-refractivity contribution is 5.94. The maximum absolute atomic E-state index is 11.4. The van der Waals surface area contributed by atoms with Crippen molar-refractivity contribution < 1.29 is 4.79 Å². The van der Waals surface area contributed by atoms with Gasteiger partial charge in [0.1, 0.15) is 0 Å². The van der Waals surface area contributed by atoms with E-state index in [2.05, 4.69) is 17.0 Å². The second kappa shape index (κ2) is 5.51. The molecule has 0 amide bonds. The number of fused-ring (bicyclic) bond motifs is 1. The number of nitriles is 1. The fraction of sp³-hybridized carbons (Fsp3) is 0.222. The predicted molar refractivity (Wildman–Crippen MR) is 80.6 cm³/mol. The number of Topliss-reactive ketones (excluding diaryl/α,β-unsaturated/α-hetero) is 1. The molecule has 1 aliphatic rings. The fourth-order valence-electron chi connectivity index (χ4n) is 2.74. The molecule has 104 valence electrons. The van der Waals surface area contributed by atoms with Crippen molar-refractivity contribution in [2.45, 2.75) is 26.6 Å². The molecule has 0 radical (unpaired) electrons. The van der Waals surface area contributed by atoms with E-state index in [9.17, 15) is 4.79 Å². The van der Waals surface area contributed by atoms with Crippen LogP contribution >= 0.6 is 0 Å². The number of nitrogens with zero attached hydrogens (tertiary/aromatic N) is 2. The first-order chi connectivity index (χ1) is 10.2. The van der Waals surface area contributed by atoms with Gasteiger partial charge in [-0.3, -0.25) is 9.69 Å². The molecule has 0 aliphatic carbocycles. The van der Waals surface area contributed by atoms with Gasteiger partial charge in [-0.05, 0) is 41.8 Å². The van der Waals surface area contributed by atoms with Gasteiger partial charge < -0.3 is 0 Å². The molecule has 21 heavy (non-hydrogen) atoms. The van der Waals surface area contributed by atoms with E-state index in [4.69, 9.17) is 5.26 Å². The van der Waals surface area contributed by atoms with Crippen molar-refractivity contribution in [3.05, 3.63) is 70.3 Å². The summed E-state index contributed by atoms with van der Waals surface area (Å²) in [5.41, 5.74) is 5.22. The molecule has 0 spiro atoms. The third kappa shape index (κ3) is 2.86. The van der Waals surface area contributed by atoms with Crippen LogP contribution in [0.5, 0.6) is 0 Å². The van der Waals surface area contributed by atoms with E-state index in [0.717, 1.165) is 25.2 Å². The lowest BCUT2D eigenvalue weighted by atomic mass is 10.0. The number of carbonyl (C=O) groups excluding carboxylic acids is 1. The minimum Gasteiger partial charge on any atom is -0.295 e. The standard InChI is InChI=1S/C18H16N2O/c1-13(21)16-6-7-17-11-20(12-18(17)8-16)10-15-4-2-14(9-19)3-5-15/h2-8H,10-12H2,1H3. The minimum atomic E-state index is 0.114. The van der Waals surface area contributed by atoms with Crippen LogP contribution in [0, 0.1) is 11.3 Å². The molecule has 1 aliphatic heterocycles. The number of ketones is 1. The average Bonchev–Trinajstić information content (AvgIpc) is 2.89. The molecule has 1 heterocycles. The molecule has 2 aromatic rings. The van der Waals surface area contributed by atoms with Crippen molar-refractivity contribution in [2.24, 2.45) is 0 Å². The van der Waals surface area contributed by atoms with Gasteiger partial charge in [-0.15, -0.1) is 0 Å². The normalized spacial score (nSPS) is 13.7. The summed E-state index contributed by atoms with van der Waals surface area (Å²) in [5.74, 6) is 0.114. The Morgan fingerprint density at radius 2 is 1.86 bits per heavy atom. The molecule has 0 unspecified atom stereocenters. The van der Waals surface area contributed by atoms with Gasteiger partial charge in [0.15, 0.2) is 5.78 Å². The summed E-state index contributed by atoms with van der Waals surface area (Å²) >= 11 is 0. The minimum absolute atomic E-state index is 0.114. The van der Waals surface area contributed by atoms with Crippen LogP contribution in [0.3, 0.4) is 0 Å². The molecule has 3 nitrogen and oxygen atoms in total. The number of hydrogen-bond donors (Lipinski definition) is 0. The van der Waals surface area contributed by atoms with E-state index in [1.54, 1.807) is 6.92 Å². The van der Waals surface area contributed by atoms with Crippen molar-refractivity contribution in [2.75, 3.05) is 0 Å². The maximum Gasteiger partial charge on any atom is 0.159 e. The molecule has 2 aromatic carbocycles. The molecule has 0 bridgehead atoms. The monoisotopic (exact) mass is 276 g/mol. The number of hydrogen-bond acceptors (Lipinski definition) is 3. The Bertz CT molecular complexity index is 726. The van der Waals surface area contributed by atoms with Crippen molar-refractivity contribution >= 4 is 5.78 Å². The smallest absolute Gasteiger partial charge is 0.159 e. The van der Waals surface area contributed by atoms with Crippen LogP contribution < -0.4 is 0 Å². The highest BCUT2D eigenvalue weighted by atomic mass is 16.1. The fourth-order valence-corrected chi connectivity index (χ4v) is 2.74. The average molecular weight is 276 g/mol. The van der Waals surface area contributed by atoms with Crippen LogP contribution in [0.15, 0.2) is 42.5 Å².